The molecule has 0 saturated carbocycles. The van der Waals surface area contributed by atoms with E-state index in [-0.39, 0.29) is 5.41 Å². The molecule has 0 bridgehead atoms. The van der Waals surface area contributed by atoms with Crippen LogP contribution in [0.3, 0.4) is 0 Å². The van der Waals surface area contributed by atoms with Gasteiger partial charge in [0, 0.05) is 15.2 Å². The number of halogens is 1. The second kappa shape index (κ2) is 8.95. The molecule has 29 heavy (non-hydrogen) atoms. The zero-order valence-electron chi connectivity index (χ0n) is 16.7. The van der Waals surface area contributed by atoms with E-state index in [2.05, 4.69) is 72.6 Å². The van der Waals surface area contributed by atoms with Gasteiger partial charge >= 0.3 is 5.97 Å². The fourth-order valence-corrected chi connectivity index (χ4v) is 3.77. The van der Waals surface area contributed by atoms with Crippen molar-refractivity contribution in [1.82, 2.24) is 4.98 Å². The van der Waals surface area contributed by atoms with Crippen molar-refractivity contribution in [2.45, 2.75) is 32.3 Å². The summed E-state index contributed by atoms with van der Waals surface area (Å²) >= 11 is 2.31. The van der Waals surface area contributed by atoms with Crippen LogP contribution in [0.1, 0.15) is 43.7 Å². The molecule has 0 amide bonds. The number of hydrogen-bond donors (Lipinski definition) is 1. The van der Waals surface area contributed by atoms with Crippen molar-refractivity contribution < 1.29 is 14.6 Å². The first-order valence-corrected chi connectivity index (χ1v) is 10.6. The Labute approximate surface area is 185 Å². The van der Waals surface area contributed by atoms with Crippen molar-refractivity contribution in [3.05, 3.63) is 93.3 Å². The molecule has 0 saturated heterocycles. The highest BCUT2D eigenvalue weighted by molar-refractivity contribution is 14.1. The number of aromatic nitrogens is 1. The second-order valence-electron chi connectivity index (χ2n) is 7.48. The number of carbonyl (C=O) groups is 1. The first kappa shape index (κ1) is 21.3. The first-order chi connectivity index (χ1) is 13.8. The molecule has 0 aliphatic carbocycles. The number of carboxylic acid groups (broad SMARTS) is 1. The summed E-state index contributed by atoms with van der Waals surface area (Å²) in [4.78, 5) is 15.8. The predicted octanol–water partition coefficient (Wildman–Crippen LogP) is 5.85. The van der Waals surface area contributed by atoms with Gasteiger partial charge in [0.15, 0.2) is 0 Å². The zero-order chi connectivity index (χ0) is 21.0. The average molecular weight is 501 g/mol. The molecule has 5 heteroatoms. The van der Waals surface area contributed by atoms with Crippen LogP contribution in [0.15, 0.2) is 72.9 Å². The molecule has 0 spiro atoms. The lowest BCUT2D eigenvalue weighted by atomic mass is 9.68. The lowest BCUT2D eigenvalue weighted by molar-refractivity contribution is -0.145. The highest BCUT2D eigenvalue weighted by Gasteiger charge is 2.32. The quantitative estimate of drug-likeness (QED) is 0.413. The summed E-state index contributed by atoms with van der Waals surface area (Å²) in [6.07, 6.45) is 0.419. The molecule has 4 nitrogen and oxygen atoms in total. The number of carboxylic acids is 1. The van der Waals surface area contributed by atoms with Gasteiger partial charge in [-0.1, -0.05) is 51.1 Å². The molecule has 0 radical (unpaired) electrons. The van der Waals surface area contributed by atoms with E-state index in [9.17, 15) is 9.90 Å². The molecule has 0 aliphatic heterocycles. The normalized spacial score (nSPS) is 14.2. The minimum absolute atomic E-state index is 0.171. The fourth-order valence-electron chi connectivity index (χ4n) is 3.41. The van der Waals surface area contributed by atoms with Crippen molar-refractivity contribution in [2.75, 3.05) is 0 Å². The van der Waals surface area contributed by atoms with Crippen LogP contribution in [0.2, 0.25) is 0 Å². The monoisotopic (exact) mass is 501 g/mol. The third-order valence-corrected chi connectivity index (χ3v) is 6.21. The summed E-state index contributed by atoms with van der Waals surface area (Å²) in [5.74, 6) is -0.200. The third-order valence-electron chi connectivity index (χ3n) is 5.49. The number of ether oxygens (including phenoxy) is 1. The Bertz CT molecular complexity index is 956. The SMILES string of the molecule is CC(C)C(C)(c1ccc(I)cc1)c1ccc(OC(C(=O)O)c2ccccn2)cc1. The molecule has 150 valence electrons. The molecule has 2 atom stereocenters. The molecule has 1 heterocycles. The highest BCUT2D eigenvalue weighted by Crippen LogP contribution is 2.39. The van der Waals surface area contributed by atoms with E-state index >= 15 is 0 Å². The maximum atomic E-state index is 11.7. The van der Waals surface area contributed by atoms with Crippen molar-refractivity contribution in [3.63, 3.8) is 0 Å². The largest absolute Gasteiger partial charge is 0.478 e. The average Bonchev–Trinajstić information content (AvgIpc) is 2.72. The van der Waals surface area contributed by atoms with E-state index in [0.29, 0.717) is 17.4 Å². The molecular weight excluding hydrogens is 477 g/mol. The summed E-state index contributed by atoms with van der Waals surface area (Å²) in [5, 5.41) is 9.55. The van der Waals surface area contributed by atoms with Crippen LogP contribution in [0.25, 0.3) is 0 Å². The lowest BCUT2D eigenvalue weighted by Crippen LogP contribution is -2.30. The fraction of sp³-hybridized carbons (Fsp3) is 0.250. The van der Waals surface area contributed by atoms with E-state index < -0.39 is 12.1 Å². The Hall–Kier alpha value is -2.41. The summed E-state index contributed by atoms with van der Waals surface area (Å²) in [6, 6.07) is 21.4. The van der Waals surface area contributed by atoms with Crippen LogP contribution in [-0.4, -0.2) is 16.1 Å². The van der Waals surface area contributed by atoms with Crippen LogP contribution < -0.4 is 4.74 Å². The van der Waals surface area contributed by atoms with Crippen LogP contribution in [0.5, 0.6) is 5.75 Å². The van der Waals surface area contributed by atoms with Gasteiger partial charge in [0.2, 0.25) is 6.10 Å². The van der Waals surface area contributed by atoms with E-state index in [1.54, 1.807) is 24.4 Å². The lowest BCUT2D eigenvalue weighted by Gasteiger charge is -2.35. The van der Waals surface area contributed by atoms with Gasteiger partial charge in [0.05, 0.1) is 5.69 Å². The van der Waals surface area contributed by atoms with Gasteiger partial charge in [-0.2, -0.15) is 0 Å². The molecule has 2 unspecified atom stereocenters. The van der Waals surface area contributed by atoms with Crippen molar-refractivity contribution in [3.8, 4) is 5.75 Å². The Morgan fingerprint density at radius 1 is 1.00 bits per heavy atom. The second-order valence-corrected chi connectivity index (χ2v) is 8.72. The number of hydrogen-bond acceptors (Lipinski definition) is 3. The summed E-state index contributed by atoms with van der Waals surface area (Å²) in [6.45, 7) is 6.66. The zero-order valence-corrected chi connectivity index (χ0v) is 18.8. The van der Waals surface area contributed by atoms with Gasteiger partial charge in [-0.15, -0.1) is 0 Å². The minimum atomic E-state index is -1.14. The highest BCUT2D eigenvalue weighted by atomic mass is 127. The molecule has 3 aromatic rings. The molecule has 0 fully saturated rings. The van der Waals surface area contributed by atoms with Gasteiger partial charge in [-0.05, 0) is 76.0 Å². The Kier molecular flexibility index (Phi) is 6.57. The minimum Gasteiger partial charge on any atom is -0.478 e. The summed E-state index contributed by atoms with van der Waals surface area (Å²) < 4.78 is 6.95. The Morgan fingerprint density at radius 3 is 2.07 bits per heavy atom. The van der Waals surface area contributed by atoms with E-state index in [0.717, 1.165) is 5.56 Å². The topological polar surface area (TPSA) is 59.4 Å². The number of rotatable bonds is 7. The van der Waals surface area contributed by atoms with E-state index in [1.165, 1.54) is 9.13 Å². The van der Waals surface area contributed by atoms with Gasteiger partial charge in [0.25, 0.3) is 0 Å². The Morgan fingerprint density at radius 2 is 1.59 bits per heavy atom. The van der Waals surface area contributed by atoms with E-state index in [4.69, 9.17) is 4.74 Å². The van der Waals surface area contributed by atoms with Crippen molar-refractivity contribution in [2.24, 2.45) is 5.92 Å². The maximum Gasteiger partial charge on any atom is 0.351 e. The molecule has 2 aromatic carbocycles. The first-order valence-electron chi connectivity index (χ1n) is 9.49. The third kappa shape index (κ3) is 4.61. The van der Waals surface area contributed by atoms with Gasteiger partial charge in [-0.25, -0.2) is 4.79 Å². The van der Waals surface area contributed by atoms with Crippen LogP contribution >= 0.6 is 22.6 Å². The standard InChI is InChI=1S/C24H24INO3/c1-16(2)24(3,17-7-11-19(25)12-8-17)18-9-13-20(14-10-18)29-22(23(27)28)21-6-4-5-15-26-21/h4-16,22H,1-3H3,(H,27,28). The summed E-state index contributed by atoms with van der Waals surface area (Å²) in [5.41, 5.74) is 2.61. The predicted molar refractivity (Wildman–Crippen MR) is 122 cm³/mol. The molecule has 0 aliphatic rings. The van der Waals surface area contributed by atoms with Gasteiger partial charge in [-0.3, -0.25) is 4.98 Å². The molecular formula is C24H24INO3. The Balaban J connectivity index is 1.89. The summed E-state index contributed by atoms with van der Waals surface area (Å²) in [7, 11) is 0. The number of pyridine rings is 1. The molecule has 1 aromatic heterocycles. The van der Waals surface area contributed by atoms with E-state index in [1.807, 2.05) is 24.3 Å². The molecule has 3 rings (SSSR count). The van der Waals surface area contributed by atoms with Crippen LogP contribution in [0.4, 0.5) is 0 Å². The van der Waals surface area contributed by atoms with Crippen molar-refractivity contribution in [1.29, 1.82) is 0 Å². The number of benzene rings is 2. The van der Waals surface area contributed by atoms with Crippen LogP contribution in [-0.2, 0) is 10.2 Å². The molecule has 1 N–H and O–H groups in total. The van der Waals surface area contributed by atoms with Gasteiger partial charge in [0.1, 0.15) is 5.75 Å². The maximum absolute atomic E-state index is 11.7. The van der Waals surface area contributed by atoms with Crippen molar-refractivity contribution >= 4 is 28.6 Å². The number of nitrogens with zero attached hydrogens (tertiary/aromatic N) is 1. The number of aliphatic carboxylic acids is 1. The smallest absolute Gasteiger partial charge is 0.351 e. The van der Waals surface area contributed by atoms with Crippen LogP contribution in [0, 0.1) is 9.49 Å². The van der Waals surface area contributed by atoms with Gasteiger partial charge < -0.3 is 9.84 Å².